The number of nitrogens with zero attached hydrogens (tertiary/aromatic N) is 1. The normalized spacial score (nSPS) is 20.7. The number of nitrogens with one attached hydrogen (secondary N) is 1. The van der Waals surface area contributed by atoms with Crippen LogP contribution in [0.3, 0.4) is 0 Å². The number of hydrogen-bond donors (Lipinski definition) is 1. The molecule has 0 bridgehead atoms. The highest BCUT2D eigenvalue weighted by atomic mass is 127. The summed E-state index contributed by atoms with van der Waals surface area (Å²) in [5.74, 6) is 0.0583. The van der Waals surface area contributed by atoms with E-state index in [4.69, 9.17) is 0 Å². The maximum atomic E-state index is 12.2. The maximum Gasteiger partial charge on any atom is 0.252 e. The third-order valence-corrected chi connectivity index (χ3v) is 4.35. The van der Waals surface area contributed by atoms with E-state index in [2.05, 4.69) is 39.7 Å². The number of halogens is 1. The zero-order chi connectivity index (χ0) is 13.0. The molecule has 1 atom stereocenters. The van der Waals surface area contributed by atoms with Gasteiger partial charge in [0.25, 0.3) is 5.91 Å². The van der Waals surface area contributed by atoms with Gasteiger partial charge in [0.1, 0.15) is 0 Å². The van der Waals surface area contributed by atoms with E-state index in [9.17, 15) is 4.79 Å². The quantitative estimate of drug-likeness (QED) is 0.843. The molecule has 0 aliphatic carbocycles. The van der Waals surface area contributed by atoms with E-state index >= 15 is 0 Å². The first-order valence-electron chi connectivity index (χ1n) is 6.48. The summed E-state index contributed by atoms with van der Waals surface area (Å²) < 4.78 is 1.01. The third-order valence-electron chi connectivity index (χ3n) is 3.41. The van der Waals surface area contributed by atoms with Crippen LogP contribution in [0.25, 0.3) is 0 Å². The van der Waals surface area contributed by atoms with Gasteiger partial charge in [0.2, 0.25) is 0 Å². The fourth-order valence-corrected chi connectivity index (χ4v) is 3.00. The van der Waals surface area contributed by atoms with Gasteiger partial charge in [0.05, 0.1) is 5.56 Å². The molecule has 18 heavy (non-hydrogen) atoms. The molecule has 2 rings (SSSR count). The summed E-state index contributed by atoms with van der Waals surface area (Å²) in [5, 5.41) is 3.15. The molecule has 1 aliphatic rings. The first kappa shape index (κ1) is 13.8. The summed E-state index contributed by atoms with van der Waals surface area (Å²) in [6.07, 6.45) is 2.26. The molecule has 0 spiro atoms. The van der Waals surface area contributed by atoms with Crippen LogP contribution in [0, 0.1) is 3.57 Å². The highest BCUT2D eigenvalue weighted by molar-refractivity contribution is 14.1. The van der Waals surface area contributed by atoms with Crippen molar-refractivity contribution in [1.29, 1.82) is 0 Å². The Balaban J connectivity index is 1.97. The molecule has 0 aromatic heterocycles. The van der Waals surface area contributed by atoms with E-state index in [-0.39, 0.29) is 5.91 Å². The van der Waals surface area contributed by atoms with Crippen molar-refractivity contribution < 1.29 is 4.79 Å². The van der Waals surface area contributed by atoms with Crippen molar-refractivity contribution in [1.82, 2.24) is 10.2 Å². The second kappa shape index (κ2) is 6.52. The van der Waals surface area contributed by atoms with Crippen molar-refractivity contribution >= 4 is 28.5 Å². The van der Waals surface area contributed by atoms with E-state index < -0.39 is 0 Å². The van der Waals surface area contributed by atoms with Gasteiger partial charge in [0.15, 0.2) is 0 Å². The van der Waals surface area contributed by atoms with Crippen molar-refractivity contribution in [2.24, 2.45) is 0 Å². The maximum absolute atomic E-state index is 12.2. The zero-order valence-electron chi connectivity index (χ0n) is 10.7. The van der Waals surface area contributed by atoms with E-state index in [1.54, 1.807) is 0 Å². The van der Waals surface area contributed by atoms with Crippen LogP contribution >= 0.6 is 22.6 Å². The second-order valence-corrected chi connectivity index (χ2v) is 5.85. The largest absolute Gasteiger partial charge is 0.348 e. The van der Waals surface area contributed by atoms with Crippen LogP contribution in [0.5, 0.6) is 0 Å². The lowest BCUT2D eigenvalue weighted by Gasteiger charge is -2.32. The number of piperidine rings is 1. The van der Waals surface area contributed by atoms with Gasteiger partial charge in [-0.05, 0) is 60.7 Å². The van der Waals surface area contributed by atoms with Crippen LogP contribution in [0.2, 0.25) is 0 Å². The van der Waals surface area contributed by atoms with Crippen molar-refractivity contribution in [3.8, 4) is 0 Å². The Bertz CT molecular complexity index is 422. The molecule has 0 radical (unpaired) electrons. The Hall–Kier alpha value is -0.620. The number of rotatable bonds is 3. The van der Waals surface area contributed by atoms with Gasteiger partial charge in [0, 0.05) is 16.2 Å². The zero-order valence-corrected chi connectivity index (χ0v) is 12.8. The van der Waals surface area contributed by atoms with E-state index in [0.717, 1.165) is 35.2 Å². The van der Waals surface area contributed by atoms with E-state index in [0.29, 0.717) is 6.04 Å². The monoisotopic (exact) mass is 358 g/mol. The van der Waals surface area contributed by atoms with Crippen molar-refractivity contribution in [3.63, 3.8) is 0 Å². The molecule has 1 heterocycles. The number of likely N-dealkylation sites (tertiary alicyclic amines) is 1. The SMILES string of the molecule is CCN1CCCC(NC(=O)c2ccccc2I)C1. The standard InChI is InChI=1S/C14H19IN2O/c1-2-17-9-5-6-11(10-17)16-14(18)12-7-3-4-8-13(12)15/h3-4,7-8,11H,2,5-6,9-10H2,1H3,(H,16,18). The van der Waals surface area contributed by atoms with Gasteiger partial charge < -0.3 is 10.2 Å². The average Bonchev–Trinajstić information content (AvgIpc) is 2.39. The Morgan fingerprint density at radius 2 is 2.28 bits per heavy atom. The topological polar surface area (TPSA) is 32.3 Å². The van der Waals surface area contributed by atoms with Crippen LogP contribution < -0.4 is 5.32 Å². The molecule has 1 unspecified atom stereocenters. The lowest BCUT2D eigenvalue weighted by atomic mass is 10.1. The third kappa shape index (κ3) is 3.45. The molecule has 98 valence electrons. The minimum atomic E-state index is 0.0583. The van der Waals surface area contributed by atoms with Crippen LogP contribution in [0.1, 0.15) is 30.1 Å². The molecule has 1 N–H and O–H groups in total. The number of likely N-dealkylation sites (N-methyl/N-ethyl adjacent to an activating group) is 1. The number of carbonyl (C=O) groups excluding carboxylic acids is 1. The summed E-state index contributed by atoms with van der Waals surface area (Å²) in [5.41, 5.74) is 0.784. The van der Waals surface area contributed by atoms with Crippen molar-refractivity contribution in [2.75, 3.05) is 19.6 Å². The lowest BCUT2D eigenvalue weighted by molar-refractivity contribution is 0.0905. The summed E-state index contributed by atoms with van der Waals surface area (Å²) in [7, 11) is 0. The molecule has 3 nitrogen and oxygen atoms in total. The Morgan fingerprint density at radius 3 is 3.00 bits per heavy atom. The Morgan fingerprint density at radius 1 is 1.50 bits per heavy atom. The van der Waals surface area contributed by atoms with Crippen LogP contribution in [-0.4, -0.2) is 36.5 Å². The predicted octanol–water partition coefficient (Wildman–Crippen LogP) is 2.51. The molecule has 1 aromatic rings. The molecule has 1 fully saturated rings. The van der Waals surface area contributed by atoms with E-state index in [1.165, 1.54) is 6.42 Å². The fraction of sp³-hybridized carbons (Fsp3) is 0.500. The molecule has 4 heteroatoms. The highest BCUT2D eigenvalue weighted by Gasteiger charge is 2.21. The summed E-state index contributed by atoms with van der Waals surface area (Å²) in [6, 6.07) is 8.02. The number of benzene rings is 1. The van der Waals surface area contributed by atoms with Crippen molar-refractivity contribution in [2.45, 2.75) is 25.8 Å². The average molecular weight is 358 g/mol. The summed E-state index contributed by atoms with van der Waals surface area (Å²) in [6.45, 7) is 5.37. The minimum Gasteiger partial charge on any atom is -0.348 e. The highest BCUT2D eigenvalue weighted by Crippen LogP contribution is 2.14. The van der Waals surface area contributed by atoms with Gasteiger partial charge in [-0.25, -0.2) is 0 Å². The van der Waals surface area contributed by atoms with E-state index in [1.807, 2.05) is 24.3 Å². The molecule has 1 saturated heterocycles. The lowest BCUT2D eigenvalue weighted by Crippen LogP contribution is -2.47. The van der Waals surface area contributed by atoms with Crippen LogP contribution in [0.15, 0.2) is 24.3 Å². The minimum absolute atomic E-state index is 0.0583. The smallest absolute Gasteiger partial charge is 0.252 e. The Kier molecular flexibility index (Phi) is 5.00. The predicted molar refractivity (Wildman–Crippen MR) is 81.8 cm³/mol. The van der Waals surface area contributed by atoms with Crippen LogP contribution in [0.4, 0.5) is 0 Å². The summed E-state index contributed by atoms with van der Waals surface area (Å²) >= 11 is 2.21. The Labute approximate surface area is 122 Å². The second-order valence-electron chi connectivity index (χ2n) is 4.69. The van der Waals surface area contributed by atoms with Gasteiger partial charge in [-0.2, -0.15) is 0 Å². The molecule has 1 aliphatic heterocycles. The molecular formula is C14H19IN2O. The van der Waals surface area contributed by atoms with Crippen LogP contribution in [-0.2, 0) is 0 Å². The molecule has 1 aromatic carbocycles. The van der Waals surface area contributed by atoms with Gasteiger partial charge in [-0.1, -0.05) is 19.1 Å². The number of hydrogen-bond acceptors (Lipinski definition) is 2. The first-order chi connectivity index (χ1) is 8.70. The number of carbonyl (C=O) groups is 1. The first-order valence-corrected chi connectivity index (χ1v) is 7.56. The molecule has 1 amide bonds. The van der Waals surface area contributed by atoms with Gasteiger partial charge in [-0.15, -0.1) is 0 Å². The fourth-order valence-electron chi connectivity index (χ4n) is 2.37. The molecule has 0 saturated carbocycles. The summed E-state index contributed by atoms with van der Waals surface area (Å²) in [4.78, 5) is 14.6. The van der Waals surface area contributed by atoms with Crippen molar-refractivity contribution in [3.05, 3.63) is 33.4 Å². The van der Waals surface area contributed by atoms with Gasteiger partial charge in [-0.3, -0.25) is 4.79 Å². The molecular weight excluding hydrogens is 339 g/mol. The number of amides is 1. The van der Waals surface area contributed by atoms with Gasteiger partial charge >= 0.3 is 0 Å².